The lowest BCUT2D eigenvalue weighted by molar-refractivity contribution is -0.111. The molecule has 0 unspecified atom stereocenters. The molecule has 1 heterocycles. The van der Waals surface area contributed by atoms with Crippen molar-refractivity contribution in [3.05, 3.63) is 59.9 Å². The molecule has 0 spiro atoms. The van der Waals surface area contributed by atoms with Crippen molar-refractivity contribution in [3.8, 4) is 5.75 Å². The summed E-state index contributed by atoms with van der Waals surface area (Å²) in [6, 6.07) is 10.2. The van der Waals surface area contributed by atoms with E-state index in [1.165, 1.54) is 46.8 Å². The molecule has 3 rings (SSSR count). The van der Waals surface area contributed by atoms with Crippen molar-refractivity contribution >= 4 is 27.7 Å². The van der Waals surface area contributed by atoms with Crippen LogP contribution in [0, 0.1) is 5.82 Å². The minimum Gasteiger partial charge on any atom is -0.489 e. The first-order valence-electron chi connectivity index (χ1n) is 9.89. The fourth-order valence-corrected chi connectivity index (χ4v) is 4.45. The topological polar surface area (TPSA) is 84.9 Å². The Labute approximate surface area is 181 Å². The Morgan fingerprint density at radius 1 is 1.19 bits per heavy atom. The molecule has 1 aliphatic heterocycles. The van der Waals surface area contributed by atoms with E-state index in [9.17, 15) is 17.6 Å². The number of morpholine rings is 1. The second kappa shape index (κ2) is 10.0. The molecule has 0 saturated carbocycles. The molecule has 31 heavy (non-hydrogen) atoms. The summed E-state index contributed by atoms with van der Waals surface area (Å²) < 4.78 is 51.5. The number of carbonyl (C=O) groups is 1. The number of amides is 1. The molecule has 0 radical (unpaired) electrons. The molecule has 1 amide bonds. The number of benzene rings is 2. The summed E-state index contributed by atoms with van der Waals surface area (Å²) in [7, 11) is -3.74. The third kappa shape index (κ3) is 6.13. The largest absolute Gasteiger partial charge is 0.489 e. The SMILES string of the molecule is CC(C)Oc1ccc(S(=O)(=O)N2CCOCC2)cc1NC(=O)/C=C/c1cccc(F)c1. The van der Waals surface area contributed by atoms with E-state index >= 15 is 0 Å². The van der Waals surface area contributed by atoms with E-state index in [1.54, 1.807) is 12.1 Å². The van der Waals surface area contributed by atoms with Crippen LogP contribution >= 0.6 is 0 Å². The maximum Gasteiger partial charge on any atom is 0.248 e. The molecule has 0 bridgehead atoms. The summed E-state index contributed by atoms with van der Waals surface area (Å²) in [6.07, 6.45) is 2.53. The van der Waals surface area contributed by atoms with E-state index in [-0.39, 0.29) is 29.8 Å². The van der Waals surface area contributed by atoms with Gasteiger partial charge in [-0.15, -0.1) is 0 Å². The second-order valence-electron chi connectivity index (χ2n) is 7.22. The van der Waals surface area contributed by atoms with Gasteiger partial charge in [-0.3, -0.25) is 4.79 Å². The highest BCUT2D eigenvalue weighted by Gasteiger charge is 2.27. The van der Waals surface area contributed by atoms with Gasteiger partial charge in [0.2, 0.25) is 15.9 Å². The van der Waals surface area contributed by atoms with E-state index in [1.807, 2.05) is 13.8 Å². The molecule has 7 nitrogen and oxygen atoms in total. The zero-order chi connectivity index (χ0) is 22.4. The monoisotopic (exact) mass is 448 g/mol. The number of hydrogen-bond donors (Lipinski definition) is 1. The molecule has 0 atom stereocenters. The zero-order valence-corrected chi connectivity index (χ0v) is 18.2. The number of rotatable bonds is 7. The van der Waals surface area contributed by atoms with Gasteiger partial charge in [-0.1, -0.05) is 12.1 Å². The van der Waals surface area contributed by atoms with Crippen LogP contribution in [0.5, 0.6) is 5.75 Å². The lowest BCUT2D eigenvalue weighted by Gasteiger charge is -2.26. The normalized spacial score (nSPS) is 15.4. The predicted octanol–water partition coefficient (Wildman–Crippen LogP) is 3.29. The van der Waals surface area contributed by atoms with Crippen LogP contribution in [0.15, 0.2) is 53.4 Å². The van der Waals surface area contributed by atoms with Crippen LogP contribution in [0.2, 0.25) is 0 Å². The van der Waals surface area contributed by atoms with Crippen molar-refractivity contribution < 1.29 is 27.1 Å². The summed E-state index contributed by atoms with van der Waals surface area (Å²) in [5, 5.41) is 2.66. The number of nitrogens with zero attached hydrogens (tertiary/aromatic N) is 1. The lowest BCUT2D eigenvalue weighted by Crippen LogP contribution is -2.40. The molecule has 166 valence electrons. The Morgan fingerprint density at radius 3 is 2.61 bits per heavy atom. The van der Waals surface area contributed by atoms with Crippen molar-refractivity contribution in [2.75, 3.05) is 31.6 Å². The molecule has 1 fully saturated rings. The Kier molecular flexibility index (Phi) is 7.42. The quantitative estimate of drug-likeness (QED) is 0.657. The van der Waals surface area contributed by atoms with Gasteiger partial charge in [0.25, 0.3) is 0 Å². The molecule has 1 aliphatic rings. The number of nitrogens with one attached hydrogen (secondary N) is 1. The fourth-order valence-electron chi connectivity index (χ4n) is 3.02. The minimum absolute atomic E-state index is 0.0508. The highest BCUT2D eigenvalue weighted by molar-refractivity contribution is 7.89. The third-order valence-corrected chi connectivity index (χ3v) is 6.35. The standard InChI is InChI=1S/C22H25FN2O5S/c1-16(2)30-21-8-7-19(31(27,28)25-10-12-29-13-11-25)15-20(21)24-22(26)9-6-17-4-3-5-18(23)14-17/h3-9,14-16H,10-13H2,1-2H3,(H,24,26)/b9-6+. The molecular weight excluding hydrogens is 423 g/mol. The Hall–Kier alpha value is -2.75. The van der Waals surface area contributed by atoms with Gasteiger partial charge in [-0.2, -0.15) is 4.31 Å². The van der Waals surface area contributed by atoms with E-state index < -0.39 is 21.7 Å². The first-order chi connectivity index (χ1) is 14.8. The third-order valence-electron chi connectivity index (χ3n) is 4.46. The number of sulfonamides is 1. The van der Waals surface area contributed by atoms with Gasteiger partial charge in [0.1, 0.15) is 11.6 Å². The molecule has 1 N–H and O–H groups in total. The molecule has 2 aromatic rings. The fraction of sp³-hybridized carbons (Fsp3) is 0.318. The average molecular weight is 449 g/mol. The number of hydrogen-bond acceptors (Lipinski definition) is 5. The summed E-state index contributed by atoms with van der Waals surface area (Å²) in [5.41, 5.74) is 0.759. The van der Waals surface area contributed by atoms with Gasteiger partial charge in [0, 0.05) is 19.2 Å². The summed E-state index contributed by atoms with van der Waals surface area (Å²) in [4.78, 5) is 12.5. The molecule has 0 aromatic heterocycles. The van der Waals surface area contributed by atoms with Crippen molar-refractivity contribution in [2.45, 2.75) is 24.8 Å². The summed E-state index contributed by atoms with van der Waals surface area (Å²) >= 11 is 0. The van der Waals surface area contributed by atoms with Crippen molar-refractivity contribution in [3.63, 3.8) is 0 Å². The molecular formula is C22H25FN2O5S. The van der Waals surface area contributed by atoms with Gasteiger partial charge in [0.05, 0.1) is 29.9 Å². The van der Waals surface area contributed by atoms with Gasteiger partial charge in [-0.25, -0.2) is 12.8 Å². The lowest BCUT2D eigenvalue weighted by atomic mass is 10.2. The van der Waals surface area contributed by atoms with Crippen LogP contribution in [0.3, 0.4) is 0 Å². The van der Waals surface area contributed by atoms with Crippen LogP contribution in [0.25, 0.3) is 6.08 Å². The second-order valence-corrected chi connectivity index (χ2v) is 9.16. The Bertz CT molecular complexity index is 1060. The molecule has 9 heteroatoms. The number of anilines is 1. The number of carbonyl (C=O) groups excluding carboxylic acids is 1. The van der Waals surface area contributed by atoms with Crippen LogP contribution in [-0.2, 0) is 19.6 Å². The highest BCUT2D eigenvalue weighted by Crippen LogP contribution is 2.30. The van der Waals surface area contributed by atoms with Gasteiger partial charge >= 0.3 is 0 Å². The Balaban J connectivity index is 1.85. The van der Waals surface area contributed by atoms with Gasteiger partial charge < -0.3 is 14.8 Å². The highest BCUT2D eigenvalue weighted by atomic mass is 32.2. The summed E-state index contributed by atoms with van der Waals surface area (Å²) in [5.74, 6) is -0.557. The first kappa shape index (κ1) is 22.9. The Morgan fingerprint density at radius 2 is 1.94 bits per heavy atom. The van der Waals surface area contributed by atoms with Crippen LogP contribution < -0.4 is 10.1 Å². The zero-order valence-electron chi connectivity index (χ0n) is 17.4. The molecule has 0 aliphatic carbocycles. The number of halogens is 1. The molecule has 1 saturated heterocycles. The van der Waals surface area contributed by atoms with Crippen LogP contribution in [0.1, 0.15) is 19.4 Å². The van der Waals surface area contributed by atoms with Crippen LogP contribution in [-0.4, -0.2) is 51.0 Å². The van der Waals surface area contributed by atoms with E-state index in [4.69, 9.17) is 9.47 Å². The van der Waals surface area contributed by atoms with E-state index in [2.05, 4.69) is 5.32 Å². The minimum atomic E-state index is -3.74. The summed E-state index contributed by atoms with van der Waals surface area (Å²) in [6.45, 7) is 4.86. The first-order valence-corrected chi connectivity index (χ1v) is 11.3. The van der Waals surface area contributed by atoms with E-state index in [0.29, 0.717) is 24.5 Å². The van der Waals surface area contributed by atoms with Gasteiger partial charge in [0.15, 0.2) is 0 Å². The maximum absolute atomic E-state index is 13.3. The van der Waals surface area contributed by atoms with Crippen molar-refractivity contribution in [1.29, 1.82) is 0 Å². The predicted molar refractivity (Wildman–Crippen MR) is 116 cm³/mol. The van der Waals surface area contributed by atoms with Crippen LogP contribution in [0.4, 0.5) is 10.1 Å². The average Bonchev–Trinajstić information content (AvgIpc) is 2.74. The number of ether oxygens (including phenoxy) is 2. The molecule has 2 aromatic carbocycles. The van der Waals surface area contributed by atoms with Crippen molar-refractivity contribution in [1.82, 2.24) is 4.31 Å². The van der Waals surface area contributed by atoms with Gasteiger partial charge in [-0.05, 0) is 55.8 Å². The smallest absolute Gasteiger partial charge is 0.248 e. The van der Waals surface area contributed by atoms with Crippen molar-refractivity contribution in [2.24, 2.45) is 0 Å². The van der Waals surface area contributed by atoms with E-state index in [0.717, 1.165) is 0 Å². The maximum atomic E-state index is 13.3.